The molecule has 1 saturated carbocycles. The molecule has 90 valence electrons. The van der Waals surface area contributed by atoms with Gasteiger partial charge in [0.2, 0.25) is 0 Å². The number of halogens is 1. The second-order valence-corrected chi connectivity index (χ2v) is 5.46. The van der Waals surface area contributed by atoms with Crippen LogP contribution in [0.2, 0.25) is 0 Å². The number of nitrogens with two attached hydrogens (primary N) is 1. The predicted molar refractivity (Wildman–Crippen MR) is 68.1 cm³/mol. The van der Waals surface area contributed by atoms with Crippen molar-refractivity contribution in [2.45, 2.75) is 31.8 Å². The van der Waals surface area contributed by atoms with Crippen LogP contribution < -0.4 is 5.73 Å². The Hall–Kier alpha value is -0.320. The summed E-state index contributed by atoms with van der Waals surface area (Å²) in [6, 6.07) is 2.56. The largest absolute Gasteiger partial charge is 0.467 e. The highest BCUT2D eigenvalue weighted by Gasteiger charge is 2.29. The Kier molecular flexibility index (Phi) is 4.05. The Morgan fingerprint density at radius 3 is 3.00 bits per heavy atom. The zero-order valence-electron chi connectivity index (χ0n) is 9.66. The number of hydrogen-bond donors (Lipinski definition) is 1. The van der Waals surface area contributed by atoms with Gasteiger partial charge in [-0.25, -0.2) is 0 Å². The maximum Gasteiger partial charge on any atom is 0.131 e. The molecule has 0 amide bonds. The van der Waals surface area contributed by atoms with Crippen LogP contribution in [0.25, 0.3) is 0 Å². The maximum atomic E-state index is 5.81. The van der Waals surface area contributed by atoms with Crippen molar-refractivity contribution in [2.75, 3.05) is 13.6 Å². The highest BCUT2D eigenvalue weighted by atomic mass is 79.9. The maximum absolute atomic E-state index is 5.81. The minimum atomic E-state index is 0.613. The standard InChI is InChI=1S/C12H19BrN2O/c1-15(8-12-10(13)5-6-16-12)11-4-2-3-9(11)7-14/h5-6,9,11H,2-4,7-8,14H2,1H3. The molecular weight excluding hydrogens is 268 g/mol. The van der Waals surface area contributed by atoms with Crippen LogP contribution in [0.1, 0.15) is 25.0 Å². The predicted octanol–water partition coefficient (Wildman–Crippen LogP) is 2.60. The molecule has 2 N–H and O–H groups in total. The smallest absolute Gasteiger partial charge is 0.131 e. The topological polar surface area (TPSA) is 42.4 Å². The van der Waals surface area contributed by atoms with Crippen molar-refractivity contribution >= 4 is 15.9 Å². The molecule has 1 aliphatic carbocycles. The average Bonchev–Trinajstić information content (AvgIpc) is 2.87. The van der Waals surface area contributed by atoms with Crippen LogP contribution in [0.15, 0.2) is 21.2 Å². The van der Waals surface area contributed by atoms with Crippen molar-refractivity contribution in [2.24, 2.45) is 11.7 Å². The van der Waals surface area contributed by atoms with E-state index in [9.17, 15) is 0 Å². The van der Waals surface area contributed by atoms with Crippen molar-refractivity contribution in [1.29, 1.82) is 0 Å². The van der Waals surface area contributed by atoms with Crippen LogP contribution in [0.4, 0.5) is 0 Å². The first kappa shape index (κ1) is 12.1. The molecule has 1 heterocycles. The van der Waals surface area contributed by atoms with Gasteiger partial charge in [0.15, 0.2) is 0 Å². The zero-order chi connectivity index (χ0) is 11.5. The zero-order valence-corrected chi connectivity index (χ0v) is 11.2. The average molecular weight is 287 g/mol. The highest BCUT2D eigenvalue weighted by Crippen LogP contribution is 2.30. The molecule has 4 heteroatoms. The van der Waals surface area contributed by atoms with Crippen LogP contribution in [0.3, 0.4) is 0 Å². The summed E-state index contributed by atoms with van der Waals surface area (Å²) in [6.45, 7) is 1.66. The van der Waals surface area contributed by atoms with E-state index < -0.39 is 0 Å². The van der Waals surface area contributed by atoms with E-state index in [1.165, 1.54) is 19.3 Å². The van der Waals surface area contributed by atoms with Crippen molar-refractivity contribution < 1.29 is 4.42 Å². The monoisotopic (exact) mass is 286 g/mol. The molecule has 0 aliphatic heterocycles. The van der Waals surface area contributed by atoms with Gasteiger partial charge in [-0.3, -0.25) is 4.90 Å². The Bertz CT molecular complexity index is 340. The van der Waals surface area contributed by atoms with Crippen LogP contribution >= 0.6 is 15.9 Å². The molecule has 1 fully saturated rings. The molecule has 0 saturated heterocycles. The van der Waals surface area contributed by atoms with Gasteiger partial charge in [0.25, 0.3) is 0 Å². The first-order chi connectivity index (χ1) is 7.72. The minimum Gasteiger partial charge on any atom is -0.467 e. The fourth-order valence-corrected chi connectivity index (χ4v) is 2.98. The van der Waals surface area contributed by atoms with Crippen molar-refractivity contribution in [1.82, 2.24) is 4.90 Å². The summed E-state index contributed by atoms with van der Waals surface area (Å²) in [6.07, 6.45) is 5.56. The van der Waals surface area contributed by atoms with Crippen LogP contribution in [0.5, 0.6) is 0 Å². The van der Waals surface area contributed by atoms with E-state index in [0.29, 0.717) is 12.0 Å². The third-order valence-electron chi connectivity index (χ3n) is 3.57. The molecule has 3 nitrogen and oxygen atoms in total. The molecule has 0 aromatic carbocycles. The first-order valence-electron chi connectivity index (χ1n) is 5.84. The summed E-state index contributed by atoms with van der Waals surface area (Å²) in [5.41, 5.74) is 5.81. The first-order valence-corrected chi connectivity index (χ1v) is 6.64. The summed E-state index contributed by atoms with van der Waals surface area (Å²) in [5.74, 6) is 1.66. The van der Waals surface area contributed by atoms with Crippen LogP contribution in [-0.2, 0) is 6.54 Å². The van der Waals surface area contributed by atoms with Gasteiger partial charge in [-0.1, -0.05) is 6.42 Å². The number of hydrogen-bond acceptors (Lipinski definition) is 3. The lowest BCUT2D eigenvalue weighted by Crippen LogP contribution is -2.37. The molecule has 1 aromatic heterocycles. The van der Waals surface area contributed by atoms with Gasteiger partial charge in [-0.05, 0) is 54.3 Å². The van der Waals surface area contributed by atoms with Gasteiger partial charge >= 0.3 is 0 Å². The number of furan rings is 1. The van der Waals surface area contributed by atoms with Crippen LogP contribution in [0, 0.1) is 5.92 Å². The van der Waals surface area contributed by atoms with Gasteiger partial charge in [0.05, 0.1) is 17.3 Å². The molecule has 1 aromatic rings. The van der Waals surface area contributed by atoms with Gasteiger partial charge in [0, 0.05) is 6.04 Å². The molecule has 2 unspecified atom stereocenters. The van der Waals surface area contributed by atoms with E-state index in [-0.39, 0.29) is 0 Å². The molecule has 1 aliphatic rings. The number of nitrogens with zero attached hydrogens (tertiary/aromatic N) is 1. The fourth-order valence-electron chi connectivity index (χ4n) is 2.65. The number of rotatable bonds is 4. The summed E-state index contributed by atoms with van der Waals surface area (Å²) >= 11 is 3.49. The summed E-state index contributed by atoms with van der Waals surface area (Å²) in [5, 5.41) is 0. The Morgan fingerprint density at radius 2 is 2.38 bits per heavy atom. The highest BCUT2D eigenvalue weighted by molar-refractivity contribution is 9.10. The van der Waals surface area contributed by atoms with E-state index in [1.54, 1.807) is 6.26 Å². The third kappa shape index (κ3) is 2.50. The fraction of sp³-hybridized carbons (Fsp3) is 0.667. The van der Waals surface area contributed by atoms with Crippen molar-refractivity contribution in [3.63, 3.8) is 0 Å². The lowest BCUT2D eigenvalue weighted by molar-refractivity contribution is 0.179. The lowest BCUT2D eigenvalue weighted by atomic mass is 10.0. The Labute approximate surface area is 105 Å². The molecular formula is C12H19BrN2O. The van der Waals surface area contributed by atoms with Crippen molar-refractivity contribution in [3.05, 3.63) is 22.6 Å². The van der Waals surface area contributed by atoms with E-state index in [4.69, 9.17) is 10.2 Å². The van der Waals surface area contributed by atoms with Gasteiger partial charge in [0.1, 0.15) is 5.76 Å². The van der Waals surface area contributed by atoms with Crippen LogP contribution in [-0.4, -0.2) is 24.5 Å². The molecule has 0 bridgehead atoms. The van der Waals surface area contributed by atoms with Crippen molar-refractivity contribution in [3.8, 4) is 0 Å². The SMILES string of the molecule is CN(Cc1occc1Br)C1CCCC1CN. The molecule has 0 spiro atoms. The van der Waals surface area contributed by atoms with Gasteiger partial charge in [-0.2, -0.15) is 0 Å². The van der Waals surface area contributed by atoms with Gasteiger partial charge < -0.3 is 10.2 Å². The molecule has 16 heavy (non-hydrogen) atoms. The summed E-state index contributed by atoms with van der Waals surface area (Å²) < 4.78 is 6.50. The van der Waals surface area contributed by atoms with Gasteiger partial charge in [-0.15, -0.1) is 0 Å². The van der Waals surface area contributed by atoms with E-state index in [0.717, 1.165) is 23.3 Å². The summed E-state index contributed by atoms with van der Waals surface area (Å²) in [4.78, 5) is 2.37. The van der Waals surface area contributed by atoms with E-state index >= 15 is 0 Å². The Morgan fingerprint density at radius 1 is 1.56 bits per heavy atom. The normalized spacial score (nSPS) is 25.5. The Balaban J connectivity index is 1.97. The molecule has 2 rings (SSSR count). The van der Waals surface area contributed by atoms with E-state index in [2.05, 4.69) is 27.9 Å². The van der Waals surface area contributed by atoms with E-state index in [1.807, 2.05) is 6.07 Å². The molecule has 2 atom stereocenters. The lowest BCUT2D eigenvalue weighted by Gasteiger charge is -2.28. The second kappa shape index (κ2) is 5.34. The third-order valence-corrected chi connectivity index (χ3v) is 4.28. The quantitative estimate of drug-likeness (QED) is 0.925. The molecule has 0 radical (unpaired) electrons. The minimum absolute atomic E-state index is 0.613. The second-order valence-electron chi connectivity index (χ2n) is 4.60. The summed E-state index contributed by atoms with van der Waals surface area (Å²) in [7, 11) is 2.16.